The van der Waals surface area contributed by atoms with Crippen LogP contribution in [-0.2, 0) is 13.1 Å². The summed E-state index contributed by atoms with van der Waals surface area (Å²) in [7, 11) is 0. The van der Waals surface area contributed by atoms with E-state index in [4.69, 9.17) is 0 Å². The molecule has 2 rings (SSSR count). The van der Waals surface area contributed by atoms with Crippen molar-refractivity contribution in [1.29, 1.82) is 0 Å². The number of carbonyl (C=O) groups excluding carboxylic acids is 1. The zero-order chi connectivity index (χ0) is 18.3. The molecule has 0 aliphatic rings. The summed E-state index contributed by atoms with van der Waals surface area (Å²) in [5, 5.41) is 5.37. The standard InChI is InChI=1S/C17H18F3N3O2/c1-12-3-2-4-13(7-12)8-22-16(24)23-10-14-5-6-15(21-9-14)25-11-17(18,19)20/h2-7,9H,8,10-11H2,1H3,(H2,22,23,24). The lowest BCUT2D eigenvalue weighted by molar-refractivity contribution is -0.154. The first-order valence-corrected chi connectivity index (χ1v) is 7.53. The number of aryl methyl sites for hydroxylation is 1. The van der Waals surface area contributed by atoms with Crippen molar-refractivity contribution in [3.63, 3.8) is 0 Å². The Morgan fingerprint density at radius 2 is 1.84 bits per heavy atom. The Labute approximate surface area is 143 Å². The lowest BCUT2D eigenvalue weighted by Crippen LogP contribution is -2.34. The van der Waals surface area contributed by atoms with Gasteiger partial charge in [0.05, 0.1) is 0 Å². The van der Waals surface area contributed by atoms with Crippen molar-refractivity contribution >= 4 is 6.03 Å². The molecule has 0 radical (unpaired) electrons. The number of carbonyl (C=O) groups is 1. The average molecular weight is 353 g/mol. The van der Waals surface area contributed by atoms with Crippen molar-refractivity contribution in [3.8, 4) is 5.88 Å². The minimum atomic E-state index is -4.41. The first kappa shape index (κ1) is 18.6. The van der Waals surface area contributed by atoms with Crippen molar-refractivity contribution in [2.75, 3.05) is 6.61 Å². The van der Waals surface area contributed by atoms with E-state index in [1.807, 2.05) is 31.2 Å². The maximum atomic E-state index is 12.0. The van der Waals surface area contributed by atoms with E-state index in [0.717, 1.165) is 11.1 Å². The van der Waals surface area contributed by atoms with Crippen LogP contribution in [-0.4, -0.2) is 23.8 Å². The van der Waals surface area contributed by atoms with E-state index in [9.17, 15) is 18.0 Å². The van der Waals surface area contributed by atoms with E-state index in [0.29, 0.717) is 12.1 Å². The van der Waals surface area contributed by atoms with E-state index in [-0.39, 0.29) is 18.5 Å². The number of nitrogens with one attached hydrogen (secondary N) is 2. The molecule has 0 fully saturated rings. The largest absolute Gasteiger partial charge is 0.468 e. The van der Waals surface area contributed by atoms with Gasteiger partial charge in [0.25, 0.3) is 0 Å². The molecule has 2 amide bonds. The Balaban J connectivity index is 1.74. The van der Waals surface area contributed by atoms with Crippen LogP contribution in [0.15, 0.2) is 42.6 Å². The maximum absolute atomic E-state index is 12.0. The van der Waals surface area contributed by atoms with E-state index in [2.05, 4.69) is 20.4 Å². The third kappa shape index (κ3) is 7.11. The molecule has 5 nitrogen and oxygen atoms in total. The smallest absolute Gasteiger partial charge is 0.422 e. The van der Waals surface area contributed by atoms with E-state index < -0.39 is 12.8 Å². The molecule has 8 heteroatoms. The van der Waals surface area contributed by atoms with Gasteiger partial charge in [0.15, 0.2) is 6.61 Å². The number of aromatic nitrogens is 1. The summed E-state index contributed by atoms with van der Waals surface area (Å²) in [6.07, 6.45) is -3.05. The van der Waals surface area contributed by atoms with Crippen LogP contribution in [0.3, 0.4) is 0 Å². The summed E-state index contributed by atoms with van der Waals surface area (Å²) in [5.74, 6) is -0.120. The number of urea groups is 1. The molecule has 0 unspecified atom stereocenters. The molecule has 0 aliphatic carbocycles. The highest BCUT2D eigenvalue weighted by Gasteiger charge is 2.28. The Hall–Kier alpha value is -2.77. The minimum Gasteiger partial charge on any atom is -0.468 e. The van der Waals surface area contributed by atoms with Crippen LogP contribution in [0.25, 0.3) is 0 Å². The molecule has 1 aromatic carbocycles. The van der Waals surface area contributed by atoms with Gasteiger partial charge in [-0.15, -0.1) is 0 Å². The van der Waals surface area contributed by atoms with Gasteiger partial charge in [-0.2, -0.15) is 13.2 Å². The van der Waals surface area contributed by atoms with Gasteiger partial charge in [-0.3, -0.25) is 0 Å². The molecular formula is C17H18F3N3O2. The second-order valence-electron chi connectivity index (χ2n) is 5.43. The summed E-state index contributed by atoms with van der Waals surface area (Å²) < 4.78 is 40.6. The van der Waals surface area contributed by atoms with Crippen molar-refractivity contribution in [2.24, 2.45) is 0 Å². The summed E-state index contributed by atoms with van der Waals surface area (Å²) in [6, 6.07) is 10.3. The van der Waals surface area contributed by atoms with E-state index >= 15 is 0 Å². The summed E-state index contributed by atoms with van der Waals surface area (Å²) in [4.78, 5) is 15.5. The van der Waals surface area contributed by atoms with Gasteiger partial charge >= 0.3 is 12.2 Å². The molecule has 0 saturated carbocycles. The van der Waals surface area contributed by atoms with Crippen LogP contribution < -0.4 is 15.4 Å². The van der Waals surface area contributed by atoms with E-state index in [1.54, 1.807) is 6.07 Å². The number of nitrogens with zero attached hydrogens (tertiary/aromatic N) is 1. The number of halogens is 3. The summed E-state index contributed by atoms with van der Waals surface area (Å²) in [5.41, 5.74) is 2.74. The Kier molecular flexibility index (Phi) is 6.21. The molecule has 25 heavy (non-hydrogen) atoms. The molecule has 1 heterocycles. The molecule has 0 atom stereocenters. The normalized spacial score (nSPS) is 11.0. The number of hydrogen-bond donors (Lipinski definition) is 2. The zero-order valence-corrected chi connectivity index (χ0v) is 13.6. The topological polar surface area (TPSA) is 63.2 Å². The van der Waals surface area contributed by atoms with Gasteiger partial charge in [-0.25, -0.2) is 9.78 Å². The van der Waals surface area contributed by atoms with Crippen LogP contribution in [0.2, 0.25) is 0 Å². The second-order valence-corrected chi connectivity index (χ2v) is 5.43. The van der Waals surface area contributed by atoms with Crippen LogP contribution in [0.1, 0.15) is 16.7 Å². The third-order valence-electron chi connectivity index (χ3n) is 3.17. The van der Waals surface area contributed by atoms with Crippen LogP contribution in [0.4, 0.5) is 18.0 Å². The molecule has 0 bridgehead atoms. The van der Waals surface area contributed by atoms with Gasteiger partial charge in [-0.05, 0) is 18.1 Å². The van der Waals surface area contributed by atoms with E-state index in [1.165, 1.54) is 12.3 Å². The number of hydrogen-bond acceptors (Lipinski definition) is 3. The number of rotatable bonds is 6. The first-order chi connectivity index (χ1) is 11.8. The average Bonchev–Trinajstić information content (AvgIpc) is 2.56. The quantitative estimate of drug-likeness (QED) is 0.837. The number of alkyl halides is 3. The fourth-order valence-corrected chi connectivity index (χ4v) is 2.01. The monoisotopic (exact) mass is 353 g/mol. The van der Waals surface area contributed by atoms with Crippen molar-refractivity contribution in [1.82, 2.24) is 15.6 Å². The zero-order valence-electron chi connectivity index (χ0n) is 13.6. The lowest BCUT2D eigenvalue weighted by Gasteiger charge is -2.10. The molecule has 2 N–H and O–H groups in total. The van der Waals surface area contributed by atoms with Crippen LogP contribution in [0, 0.1) is 6.92 Å². The third-order valence-corrected chi connectivity index (χ3v) is 3.17. The molecule has 134 valence electrons. The minimum absolute atomic E-state index is 0.120. The van der Waals surface area contributed by atoms with Gasteiger partial charge in [0, 0.05) is 25.4 Å². The highest BCUT2D eigenvalue weighted by atomic mass is 19.4. The maximum Gasteiger partial charge on any atom is 0.422 e. The predicted octanol–water partition coefficient (Wildman–Crippen LogP) is 3.33. The second kappa shape index (κ2) is 8.36. The molecule has 0 spiro atoms. The number of benzene rings is 1. The van der Waals surface area contributed by atoms with Crippen molar-refractivity contribution in [3.05, 3.63) is 59.3 Å². The number of ether oxygens (including phenoxy) is 1. The first-order valence-electron chi connectivity index (χ1n) is 7.53. The van der Waals surface area contributed by atoms with Gasteiger partial charge in [0.1, 0.15) is 0 Å². The number of amides is 2. The van der Waals surface area contributed by atoms with Crippen molar-refractivity contribution < 1.29 is 22.7 Å². The Morgan fingerprint density at radius 1 is 1.12 bits per heavy atom. The summed E-state index contributed by atoms with van der Waals surface area (Å²) >= 11 is 0. The fraction of sp³-hybridized carbons (Fsp3) is 0.294. The molecule has 0 saturated heterocycles. The molecule has 2 aromatic rings. The lowest BCUT2D eigenvalue weighted by atomic mass is 10.1. The Morgan fingerprint density at radius 3 is 2.44 bits per heavy atom. The summed E-state index contributed by atoms with van der Waals surface area (Å²) in [6.45, 7) is 1.18. The molecular weight excluding hydrogens is 335 g/mol. The molecule has 1 aromatic heterocycles. The fourth-order valence-electron chi connectivity index (χ4n) is 2.01. The van der Waals surface area contributed by atoms with Crippen LogP contribution in [0.5, 0.6) is 5.88 Å². The Bertz CT molecular complexity index is 703. The predicted molar refractivity (Wildman–Crippen MR) is 86.0 cm³/mol. The highest BCUT2D eigenvalue weighted by molar-refractivity contribution is 5.73. The van der Waals surface area contributed by atoms with Crippen LogP contribution >= 0.6 is 0 Å². The van der Waals surface area contributed by atoms with Gasteiger partial charge in [0.2, 0.25) is 5.88 Å². The SMILES string of the molecule is Cc1cccc(CNC(=O)NCc2ccc(OCC(F)(F)F)nc2)c1. The van der Waals surface area contributed by atoms with Gasteiger partial charge < -0.3 is 15.4 Å². The van der Waals surface area contributed by atoms with Crippen molar-refractivity contribution in [2.45, 2.75) is 26.2 Å². The highest BCUT2D eigenvalue weighted by Crippen LogP contribution is 2.17. The van der Waals surface area contributed by atoms with Gasteiger partial charge in [-0.1, -0.05) is 35.9 Å². The molecule has 0 aliphatic heterocycles. The number of pyridine rings is 1.